The van der Waals surface area contributed by atoms with Crippen LogP contribution >= 0.6 is 0 Å². The molecule has 1 fully saturated rings. The summed E-state index contributed by atoms with van der Waals surface area (Å²) in [6.45, 7) is 4.99. The van der Waals surface area contributed by atoms with Crippen molar-refractivity contribution in [2.75, 3.05) is 18.5 Å². The number of nitrogens with one attached hydrogen (secondary N) is 2. The number of rotatable bonds is 8. The number of aliphatic hydroxyl groups is 3. The Labute approximate surface area is 199 Å². The third-order valence-corrected chi connectivity index (χ3v) is 5.46. The normalized spacial score (nSPS) is 26.0. The summed E-state index contributed by atoms with van der Waals surface area (Å²) in [5.41, 5.74) is 2.28. The maximum atomic E-state index is 12.4. The molecular weight excluding hydrogens is 470 g/mol. The zero-order valence-corrected chi connectivity index (χ0v) is 19.7. The number of nitrogens with zero attached hydrogens (tertiary/aromatic N) is 2. The number of carbonyl (C=O) groups excluding carboxylic acids is 2. The maximum absolute atomic E-state index is 12.4. The van der Waals surface area contributed by atoms with Gasteiger partial charge in [-0.1, -0.05) is 20.8 Å². The number of ether oxygens (including phenoxy) is 2. The van der Waals surface area contributed by atoms with Crippen molar-refractivity contribution in [1.82, 2.24) is 14.9 Å². The molecular formula is C20H31N5O10. The average molecular weight is 501 g/mol. The number of carboxylic acids is 1. The number of hydrogen-bond donors (Lipinski definition) is 7. The summed E-state index contributed by atoms with van der Waals surface area (Å²) in [6.07, 6.45) is -4.00. The van der Waals surface area contributed by atoms with Crippen molar-refractivity contribution >= 4 is 23.8 Å². The molecule has 6 atom stereocenters. The van der Waals surface area contributed by atoms with E-state index < -0.39 is 78.4 Å². The third-order valence-electron chi connectivity index (χ3n) is 5.46. The number of nitrogens with two attached hydrogens (primary N) is 1. The van der Waals surface area contributed by atoms with Crippen LogP contribution in [0.25, 0.3) is 0 Å². The Morgan fingerprint density at radius 3 is 2.49 bits per heavy atom. The van der Waals surface area contributed by atoms with Crippen LogP contribution in [-0.4, -0.2) is 91.1 Å². The number of anilines is 1. The third kappa shape index (κ3) is 6.52. The van der Waals surface area contributed by atoms with E-state index in [9.17, 15) is 39.6 Å². The number of carboxylic acid groups (broad SMARTS) is 1. The van der Waals surface area contributed by atoms with Gasteiger partial charge in [-0.15, -0.1) is 0 Å². The fraction of sp³-hybridized carbons (Fsp3) is 0.650. The minimum atomic E-state index is -1.92. The van der Waals surface area contributed by atoms with E-state index in [1.54, 1.807) is 20.8 Å². The van der Waals surface area contributed by atoms with E-state index >= 15 is 0 Å². The van der Waals surface area contributed by atoms with Gasteiger partial charge in [0.15, 0.2) is 12.3 Å². The Kier molecular flexibility index (Phi) is 8.56. The number of amides is 2. The molecule has 2 amide bonds. The van der Waals surface area contributed by atoms with Crippen LogP contribution in [0.15, 0.2) is 17.1 Å². The number of aliphatic hydroxyl groups excluding tert-OH is 2. The van der Waals surface area contributed by atoms with Gasteiger partial charge in [-0.05, 0) is 18.4 Å². The molecule has 0 unspecified atom stereocenters. The van der Waals surface area contributed by atoms with E-state index in [0.717, 1.165) is 10.8 Å². The first kappa shape index (κ1) is 28.1. The molecule has 15 heteroatoms. The Hall–Kier alpha value is -3.11. The van der Waals surface area contributed by atoms with E-state index in [2.05, 4.69) is 15.6 Å². The van der Waals surface area contributed by atoms with Crippen LogP contribution in [0.4, 0.5) is 10.6 Å². The molecule has 0 saturated carbocycles. The zero-order valence-electron chi connectivity index (χ0n) is 19.7. The number of aliphatic carboxylic acids is 1. The van der Waals surface area contributed by atoms with Gasteiger partial charge in [0.2, 0.25) is 5.91 Å². The molecule has 0 aromatic carbocycles. The lowest BCUT2D eigenvalue weighted by molar-refractivity contribution is -0.143. The summed E-state index contributed by atoms with van der Waals surface area (Å²) >= 11 is 0. The molecule has 0 spiro atoms. The minimum absolute atomic E-state index is 0.265. The van der Waals surface area contributed by atoms with Crippen molar-refractivity contribution in [3.63, 3.8) is 0 Å². The number of hydrogen-bond acceptors (Lipinski definition) is 11. The second-order valence-corrected chi connectivity index (χ2v) is 9.35. The van der Waals surface area contributed by atoms with Crippen LogP contribution in [-0.2, 0) is 19.1 Å². The van der Waals surface area contributed by atoms with E-state index in [0.29, 0.717) is 0 Å². The Bertz CT molecular complexity index is 1000. The highest BCUT2D eigenvalue weighted by Crippen LogP contribution is 2.37. The van der Waals surface area contributed by atoms with Gasteiger partial charge in [-0.2, -0.15) is 4.98 Å². The minimum Gasteiger partial charge on any atom is -0.480 e. The molecule has 1 aromatic rings. The Balaban J connectivity index is 2.02. The molecule has 0 aliphatic carbocycles. The first-order chi connectivity index (χ1) is 16.1. The summed E-state index contributed by atoms with van der Waals surface area (Å²) in [7, 11) is 0. The lowest BCUT2D eigenvalue weighted by Crippen LogP contribution is -2.54. The number of carbonyl (C=O) groups is 3. The highest BCUT2D eigenvalue weighted by molar-refractivity contribution is 5.88. The molecule has 1 aromatic heterocycles. The number of aromatic nitrogens is 2. The maximum Gasteiger partial charge on any atom is 0.412 e. The van der Waals surface area contributed by atoms with Crippen LogP contribution < -0.4 is 22.1 Å². The Morgan fingerprint density at radius 2 is 2.00 bits per heavy atom. The summed E-state index contributed by atoms with van der Waals surface area (Å²) in [5, 5.41) is 43.4. The fourth-order valence-electron chi connectivity index (χ4n) is 3.18. The zero-order chi connectivity index (χ0) is 26.7. The van der Waals surface area contributed by atoms with Crippen molar-refractivity contribution in [3.05, 3.63) is 22.7 Å². The lowest BCUT2D eigenvalue weighted by Gasteiger charge is -2.27. The SMILES string of the molecule is CC(C)(C)[C@H](N)C(=O)N[C@@H](COC(=O)Nc1ccn([C@@H]2O[C@H](CO)[C@@H](O)[C@@]2(C)O)c(=O)n1)C(=O)O. The fourth-order valence-corrected chi connectivity index (χ4v) is 3.18. The monoisotopic (exact) mass is 501 g/mol. The van der Waals surface area contributed by atoms with E-state index in [-0.39, 0.29) is 5.82 Å². The van der Waals surface area contributed by atoms with Crippen molar-refractivity contribution in [2.24, 2.45) is 11.1 Å². The molecule has 1 saturated heterocycles. The molecule has 8 N–H and O–H groups in total. The van der Waals surface area contributed by atoms with E-state index in [1.165, 1.54) is 13.0 Å². The van der Waals surface area contributed by atoms with Gasteiger partial charge in [-0.3, -0.25) is 14.7 Å². The van der Waals surface area contributed by atoms with Gasteiger partial charge < -0.3 is 41.0 Å². The second kappa shape index (κ2) is 10.7. The predicted molar refractivity (Wildman–Crippen MR) is 118 cm³/mol. The first-order valence-electron chi connectivity index (χ1n) is 10.6. The molecule has 15 nitrogen and oxygen atoms in total. The smallest absolute Gasteiger partial charge is 0.412 e. The molecule has 1 aliphatic heterocycles. The van der Waals surface area contributed by atoms with Gasteiger partial charge >= 0.3 is 17.8 Å². The molecule has 0 bridgehead atoms. The van der Waals surface area contributed by atoms with E-state index in [1.807, 2.05) is 0 Å². The van der Waals surface area contributed by atoms with E-state index in [4.69, 9.17) is 15.2 Å². The van der Waals surface area contributed by atoms with Crippen molar-refractivity contribution in [2.45, 2.75) is 63.8 Å². The molecule has 1 aliphatic rings. The summed E-state index contributed by atoms with van der Waals surface area (Å²) in [4.78, 5) is 51.7. The Morgan fingerprint density at radius 1 is 1.37 bits per heavy atom. The highest BCUT2D eigenvalue weighted by atomic mass is 16.6. The lowest BCUT2D eigenvalue weighted by atomic mass is 9.87. The molecule has 35 heavy (non-hydrogen) atoms. The van der Waals surface area contributed by atoms with Crippen LogP contribution in [0, 0.1) is 5.41 Å². The van der Waals surface area contributed by atoms with Crippen LogP contribution in [0.5, 0.6) is 0 Å². The quantitative estimate of drug-likeness (QED) is 0.200. The topological polar surface area (TPSA) is 236 Å². The summed E-state index contributed by atoms with van der Waals surface area (Å²) < 4.78 is 11.0. The summed E-state index contributed by atoms with van der Waals surface area (Å²) in [5.74, 6) is -2.46. The van der Waals surface area contributed by atoms with Crippen molar-refractivity contribution in [3.8, 4) is 0 Å². The average Bonchev–Trinajstić information content (AvgIpc) is 2.98. The largest absolute Gasteiger partial charge is 0.480 e. The molecule has 2 heterocycles. The standard InChI is InChI=1S/C20H31N5O10/c1-19(2,3)12(21)14(28)22-9(15(29)30)8-34-18(32)24-11-5-6-25(17(31)23-11)16-20(4,33)13(27)10(7-26)35-16/h5-6,9-10,12-13,16,26-27,33H,7-8,21H2,1-4H3,(H,22,28)(H,29,30)(H,23,24,31,32)/t9-,10+,12+,13+,16+,20+/m0/s1. The van der Waals surface area contributed by atoms with Crippen LogP contribution in [0.2, 0.25) is 0 Å². The van der Waals surface area contributed by atoms with Gasteiger partial charge in [0.25, 0.3) is 0 Å². The molecule has 0 radical (unpaired) electrons. The van der Waals surface area contributed by atoms with Crippen LogP contribution in [0.1, 0.15) is 33.9 Å². The van der Waals surface area contributed by atoms with Gasteiger partial charge in [-0.25, -0.2) is 14.4 Å². The molecule has 2 rings (SSSR count). The summed E-state index contributed by atoms with van der Waals surface area (Å²) in [6, 6.07) is -1.41. The second-order valence-electron chi connectivity index (χ2n) is 9.35. The van der Waals surface area contributed by atoms with Crippen LogP contribution in [0.3, 0.4) is 0 Å². The molecule has 196 valence electrons. The first-order valence-corrected chi connectivity index (χ1v) is 10.6. The van der Waals surface area contributed by atoms with Crippen molar-refractivity contribution in [1.29, 1.82) is 0 Å². The van der Waals surface area contributed by atoms with Gasteiger partial charge in [0, 0.05) is 6.20 Å². The van der Waals surface area contributed by atoms with Gasteiger partial charge in [0.1, 0.15) is 30.2 Å². The van der Waals surface area contributed by atoms with Crippen molar-refractivity contribution < 1.29 is 44.3 Å². The van der Waals surface area contributed by atoms with Gasteiger partial charge in [0.05, 0.1) is 12.6 Å². The predicted octanol–water partition coefficient (Wildman–Crippen LogP) is -2.26. The highest BCUT2D eigenvalue weighted by Gasteiger charge is 2.53.